The average molecular weight is 665 g/mol. The molecule has 254 valence electrons. The van der Waals surface area contributed by atoms with Crippen molar-refractivity contribution in [2.24, 2.45) is 0 Å². The largest absolute Gasteiger partial charge is 0.494 e. The highest BCUT2D eigenvalue weighted by atomic mass is 32.2. The van der Waals surface area contributed by atoms with E-state index in [2.05, 4.69) is 42.7 Å². The number of piperazine rings is 1. The van der Waals surface area contributed by atoms with Gasteiger partial charge in [-0.2, -0.15) is 4.98 Å². The van der Waals surface area contributed by atoms with Gasteiger partial charge in [-0.1, -0.05) is 19.1 Å². The lowest BCUT2D eigenvalue weighted by Crippen LogP contribution is -2.52. The molecule has 13 heteroatoms. The molecule has 0 atom stereocenters. The second-order valence-electron chi connectivity index (χ2n) is 12.6. The molecule has 1 aromatic heterocycles. The van der Waals surface area contributed by atoms with Crippen molar-refractivity contribution in [1.82, 2.24) is 19.8 Å². The van der Waals surface area contributed by atoms with Gasteiger partial charge in [0.05, 0.1) is 40.0 Å². The summed E-state index contributed by atoms with van der Waals surface area (Å²) in [5.74, 6) is 1.26. The molecular weight excluding hydrogens is 616 g/mol. The van der Waals surface area contributed by atoms with Crippen molar-refractivity contribution >= 4 is 50.3 Å². The highest BCUT2D eigenvalue weighted by Crippen LogP contribution is 2.40. The fourth-order valence-corrected chi connectivity index (χ4v) is 7.25. The number of nitrogens with zero attached hydrogens (tertiary/aromatic N) is 5. The van der Waals surface area contributed by atoms with Crippen molar-refractivity contribution in [3.05, 3.63) is 48.2 Å². The zero-order valence-electron chi connectivity index (χ0n) is 28.3. The molecule has 3 N–H and O–H groups in total. The number of hydrogen-bond donors (Lipinski definition) is 3. The Balaban J connectivity index is 1.40. The van der Waals surface area contributed by atoms with Crippen LogP contribution in [0.3, 0.4) is 0 Å². The Morgan fingerprint density at radius 2 is 1.70 bits per heavy atom. The number of carbonyl (C=O) groups excluding carboxylic acids is 1. The first kappa shape index (κ1) is 34.4. The topological polar surface area (TPSA) is 132 Å². The van der Waals surface area contributed by atoms with E-state index in [1.165, 1.54) is 0 Å². The number of anilines is 6. The summed E-state index contributed by atoms with van der Waals surface area (Å²) < 4.78 is 31.9. The van der Waals surface area contributed by atoms with Crippen LogP contribution in [-0.4, -0.2) is 98.8 Å². The summed E-state index contributed by atoms with van der Waals surface area (Å²) in [4.78, 5) is 29.4. The lowest BCUT2D eigenvalue weighted by atomic mass is 10.0. The average Bonchev–Trinajstić information content (AvgIpc) is 3.07. The van der Waals surface area contributed by atoms with Crippen LogP contribution in [-0.2, 0) is 14.6 Å². The third kappa shape index (κ3) is 7.96. The summed E-state index contributed by atoms with van der Waals surface area (Å²) in [7, 11) is 0.266. The molecule has 3 aromatic rings. The van der Waals surface area contributed by atoms with Gasteiger partial charge in [-0.3, -0.25) is 9.69 Å². The Morgan fingerprint density at radius 3 is 2.36 bits per heavy atom. The van der Waals surface area contributed by atoms with Gasteiger partial charge in [0.1, 0.15) is 11.6 Å². The van der Waals surface area contributed by atoms with E-state index in [1.807, 2.05) is 26.0 Å². The maximum absolute atomic E-state index is 13.0. The summed E-state index contributed by atoms with van der Waals surface area (Å²) >= 11 is 0. The van der Waals surface area contributed by atoms with E-state index in [0.29, 0.717) is 41.1 Å². The van der Waals surface area contributed by atoms with E-state index >= 15 is 0 Å². The highest BCUT2D eigenvalue weighted by Gasteiger charge is 2.29. The number of amides is 1. The first-order valence-electron chi connectivity index (χ1n) is 16.4. The smallest absolute Gasteiger partial charge is 0.229 e. The summed E-state index contributed by atoms with van der Waals surface area (Å²) in [5, 5.41) is 9.00. The molecule has 12 nitrogen and oxygen atoms in total. The van der Waals surface area contributed by atoms with Crippen molar-refractivity contribution in [2.45, 2.75) is 63.1 Å². The summed E-state index contributed by atoms with van der Waals surface area (Å²) in [6, 6.07) is 11.2. The Bertz CT molecular complexity index is 1670. The minimum Gasteiger partial charge on any atom is -0.494 e. The van der Waals surface area contributed by atoms with Crippen molar-refractivity contribution in [3.8, 4) is 5.75 Å². The normalized spacial score (nSPS) is 16.7. The molecule has 0 radical (unpaired) electrons. The van der Waals surface area contributed by atoms with Crippen LogP contribution >= 0.6 is 0 Å². The monoisotopic (exact) mass is 664 g/mol. The summed E-state index contributed by atoms with van der Waals surface area (Å²) in [6.45, 7) is 13.2. The van der Waals surface area contributed by atoms with Crippen LogP contribution in [0, 0.1) is 6.92 Å². The van der Waals surface area contributed by atoms with E-state index in [-0.39, 0.29) is 16.8 Å². The van der Waals surface area contributed by atoms with Gasteiger partial charge < -0.3 is 30.5 Å². The van der Waals surface area contributed by atoms with Crippen molar-refractivity contribution < 1.29 is 17.9 Å². The van der Waals surface area contributed by atoms with Crippen LogP contribution in [0.4, 0.5) is 34.5 Å². The van der Waals surface area contributed by atoms with E-state index in [0.717, 1.165) is 63.4 Å². The maximum atomic E-state index is 13.0. The Labute approximate surface area is 278 Å². The van der Waals surface area contributed by atoms with Gasteiger partial charge in [0.15, 0.2) is 9.84 Å². The zero-order chi connectivity index (χ0) is 33.7. The molecule has 0 aliphatic carbocycles. The van der Waals surface area contributed by atoms with E-state index in [9.17, 15) is 13.2 Å². The number of rotatable bonds is 11. The first-order valence-corrected chi connectivity index (χ1v) is 17.9. The highest BCUT2D eigenvalue weighted by molar-refractivity contribution is 7.92. The number of piperidine rings is 1. The Morgan fingerprint density at radius 1 is 1.00 bits per heavy atom. The molecule has 1 amide bonds. The summed E-state index contributed by atoms with van der Waals surface area (Å²) in [6.07, 6.45) is 4.13. The second-order valence-corrected chi connectivity index (χ2v) is 15.1. The van der Waals surface area contributed by atoms with Crippen molar-refractivity contribution in [3.63, 3.8) is 0 Å². The van der Waals surface area contributed by atoms with Crippen LogP contribution < -0.4 is 25.6 Å². The molecule has 2 aliphatic rings. The van der Waals surface area contributed by atoms with E-state index in [1.54, 1.807) is 51.4 Å². The van der Waals surface area contributed by atoms with Crippen LogP contribution in [0.15, 0.2) is 47.5 Å². The molecule has 0 unspecified atom stereocenters. The number of benzene rings is 2. The van der Waals surface area contributed by atoms with E-state index < -0.39 is 15.1 Å². The molecule has 0 bridgehead atoms. The second kappa shape index (κ2) is 14.9. The van der Waals surface area contributed by atoms with Gasteiger partial charge in [0.25, 0.3) is 0 Å². The molecule has 0 saturated carbocycles. The van der Waals surface area contributed by atoms with Crippen LogP contribution in [0.5, 0.6) is 5.75 Å². The van der Waals surface area contributed by atoms with Gasteiger partial charge in [-0.15, -0.1) is 0 Å². The standard InChI is InChI=1S/C34H48N8O4S/c1-7-32(43)36-27-20-28(30(46-6)21-29(27)42-14-12-25(13-15-42)41-18-16-40(5)17-19-41)38-34-35-22-24(4)33(39-34)37-26-10-8-9-11-31(26)47(44,45)23(2)3/h8-11,20-23,25H,7,12-19H2,1-6H3,(H,36,43)(H2,35,37,38,39). The summed E-state index contributed by atoms with van der Waals surface area (Å²) in [5.41, 5.74) is 3.38. The van der Waals surface area contributed by atoms with E-state index in [4.69, 9.17) is 9.72 Å². The first-order chi connectivity index (χ1) is 22.5. The number of ether oxygens (including phenoxy) is 1. The van der Waals surface area contributed by atoms with Crippen molar-refractivity contribution in [2.75, 3.05) is 74.3 Å². The van der Waals surface area contributed by atoms with Crippen LogP contribution in [0.1, 0.15) is 45.6 Å². The fourth-order valence-electron chi connectivity index (χ4n) is 6.04. The van der Waals surface area contributed by atoms with Gasteiger partial charge >= 0.3 is 0 Å². The number of nitrogens with one attached hydrogen (secondary N) is 3. The number of para-hydroxylation sites is 1. The molecule has 2 saturated heterocycles. The van der Waals surface area contributed by atoms with Gasteiger partial charge in [-0.05, 0) is 58.9 Å². The molecule has 0 spiro atoms. The Kier molecular flexibility index (Phi) is 10.9. The van der Waals surface area contributed by atoms with Crippen molar-refractivity contribution in [1.29, 1.82) is 0 Å². The minimum absolute atomic E-state index is 0.0808. The molecule has 5 rings (SSSR count). The number of carbonyl (C=O) groups is 1. The lowest BCUT2D eigenvalue weighted by Gasteiger charge is -2.43. The third-order valence-corrected chi connectivity index (χ3v) is 11.3. The zero-order valence-corrected chi connectivity index (χ0v) is 29.2. The fraction of sp³-hybridized carbons (Fsp3) is 0.500. The number of sulfone groups is 1. The number of hydrogen-bond acceptors (Lipinski definition) is 11. The van der Waals surface area contributed by atoms with Gasteiger partial charge in [0.2, 0.25) is 11.9 Å². The Hall–Kier alpha value is -3.94. The number of aryl methyl sites for hydroxylation is 1. The number of likely N-dealkylation sites (N-methyl/N-ethyl adjacent to an activating group) is 1. The predicted octanol–water partition coefficient (Wildman–Crippen LogP) is 5.03. The quantitative estimate of drug-likeness (QED) is 0.255. The molecule has 2 aromatic carbocycles. The lowest BCUT2D eigenvalue weighted by molar-refractivity contribution is -0.115. The molecule has 47 heavy (non-hydrogen) atoms. The molecular formula is C34H48N8O4S. The number of methoxy groups -OCH3 is 1. The van der Waals surface area contributed by atoms with Crippen LogP contribution in [0.25, 0.3) is 0 Å². The maximum Gasteiger partial charge on any atom is 0.229 e. The molecule has 2 fully saturated rings. The van der Waals surface area contributed by atoms with Crippen LogP contribution in [0.2, 0.25) is 0 Å². The van der Waals surface area contributed by atoms with Gasteiger partial charge in [-0.25, -0.2) is 13.4 Å². The van der Waals surface area contributed by atoms with Gasteiger partial charge in [0, 0.05) is 69.6 Å². The SMILES string of the molecule is CCC(=O)Nc1cc(Nc2ncc(C)c(Nc3ccccc3S(=O)(=O)C(C)C)n2)c(OC)cc1N1CCC(N2CCN(C)CC2)CC1. The third-order valence-electron chi connectivity index (χ3n) is 9.06. The molecule has 3 heterocycles. The number of aromatic nitrogens is 2. The predicted molar refractivity (Wildman–Crippen MR) is 188 cm³/mol. The minimum atomic E-state index is -3.53. The molecule has 2 aliphatic heterocycles.